The Morgan fingerprint density at radius 3 is 2.53 bits per heavy atom. The van der Waals surface area contributed by atoms with Crippen LogP contribution in [0.25, 0.3) is 0 Å². The van der Waals surface area contributed by atoms with Gasteiger partial charge in [0.05, 0.1) is 12.2 Å². The van der Waals surface area contributed by atoms with Gasteiger partial charge in [0.1, 0.15) is 5.75 Å². The van der Waals surface area contributed by atoms with Crippen LogP contribution in [0.2, 0.25) is 0 Å². The molecule has 0 aliphatic rings. The minimum absolute atomic E-state index is 0.280. The van der Waals surface area contributed by atoms with Crippen LogP contribution >= 0.6 is 0 Å². The van der Waals surface area contributed by atoms with E-state index in [2.05, 4.69) is 5.10 Å². The van der Waals surface area contributed by atoms with Gasteiger partial charge in [0.25, 0.3) is 0 Å². The van der Waals surface area contributed by atoms with Gasteiger partial charge in [-0.25, -0.2) is 0 Å². The molecule has 0 fully saturated rings. The number of aromatic nitrogens is 2. The molecule has 0 spiro atoms. The van der Waals surface area contributed by atoms with Gasteiger partial charge in [0, 0.05) is 12.7 Å². The Morgan fingerprint density at radius 2 is 1.93 bits per heavy atom. The molecule has 0 atom stereocenters. The third-order valence-corrected chi connectivity index (χ3v) is 2.19. The molecule has 3 N–H and O–H groups in total. The van der Waals surface area contributed by atoms with Crippen LogP contribution in [-0.4, -0.2) is 14.9 Å². The zero-order chi connectivity index (χ0) is 10.7. The summed E-state index contributed by atoms with van der Waals surface area (Å²) >= 11 is 0. The quantitative estimate of drug-likeness (QED) is 0.785. The topological polar surface area (TPSA) is 64.1 Å². The number of aromatic hydroxyl groups is 1. The van der Waals surface area contributed by atoms with Gasteiger partial charge in [-0.2, -0.15) is 5.10 Å². The van der Waals surface area contributed by atoms with E-state index in [-0.39, 0.29) is 5.75 Å². The van der Waals surface area contributed by atoms with E-state index in [9.17, 15) is 0 Å². The highest BCUT2D eigenvalue weighted by Crippen LogP contribution is 2.10. The summed E-state index contributed by atoms with van der Waals surface area (Å²) in [6.07, 6.45) is 1.90. The number of hydrogen-bond donors (Lipinski definition) is 2. The fourth-order valence-electron chi connectivity index (χ4n) is 1.39. The van der Waals surface area contributed by atoms with Gasteiger partial charge in [-0.3, -0.25) is 4.68 Å². The number of rotatable bonds is 3. The lowest BCUT2D eigenvalue weighted by molar-refractivity contribution is 0.475. The van der Waals surface area contributed by atoms with E-state index in [0.29, 0.717) is 13.1 Å². The number of nitrogens with zero attached hydrogens (tertiary/aromatic N) is 2. The van der Waals surface area contributed by atoms with Crippen molar-refractivity contribution in [2.45, 2.75) is 13.1 Å². The average molecular weight is 203 g/mol. The Kier molecular flexibility index (Phi) is 2.69. The predicted octanol–water partition coefficient (Wildman–Crippen LogP) is 1.10. The summed E-state index contributed by atoms with van der Waals surface area (Å²) in [4.78, 5) is 0. The minimum Gasteiger partial charge on any atom is -0.508 e. The van der Waals surface area contributed by atoms with Crippen LogP contribution in [0.1, 0.15) is 11.3 Å². The molecule has 0 saturated carbocycles. The van der Waals surface area contributed by atoms with Crippen molar-refractivity contribution in [2.24, 2.45) is 5.73 Å². The highest BCUT2D eigenvalue weighted by Gasteiger charge is 1.98. The van der Waals surface area contributed by atoms with E-state index in [4.69, 9.17) is 10.8 Å². The van der Waals surface area contributed by atoms with Gasteiger partial charge in [0.15, 0.2) is 0 Å². The molecule has 0 saturated heterocycles. The van der Waals surface area contributed by atoms with E-state index >= 15 is 0 Å². The third kappa shape index (κ3) is 2.35. The standard InChI is InChI=1S/C11H13N3O/c12-7-10-5-6-14(13-10)8-9-1-3-11(15)4-2-9/h1-6,15H,7-8,12H2. The maximum Gasteiger partial charge on any atom is 0.115 e. The number of nitrogens with two attached hydrogens (primary N) is 1. The number of phenolic OH excluding ortho intramolecular Hbond substituents is 1. The lowest BCUT2D eigenvalue weighted by Crippen LogP contribution is -2.03. The molecule has 78 valence electrons. The molecule has 0 bridgehead atoms. The molecule has 2 aromatic rings. The number of benzene rings is 1. The van der Waals surface area contributed by atoms with Gasteiger partial charge in [-0.1, -0.05) is 12.1 Å². The molecular formula is C11H13N3O. The van der Waals surface area contributed by atoms with Crippen molar-refractivity contribution in [3.63, 3.8) is 0 Å². The zero-order valence-corrected chi connectivity index (χ0v) is 8.30. The molecule has 0 radical (unpaired) electrons. The SMILES string of the molecule is NCc1ccn(Cc2ccc(O)cc2)n1. The molecule has 4 heteroatoms. The van der Waals surface area contributed by atoms with E-state index in [1.54, 1.807) is 12.1 Å². The maximum atomic E-state index is 9.13. The summed E-state index contributed by atoms with van der Waals surface area (Å²) in [5.41, 5.74) is 7.45. The molecular weight excluding hydrogens is 190 g/mol. The lowest BCUT2D eigenvalue weighted by atomic mass is 10.2. The zero-order valence-electron chi connectivity index (χ0n) is 8.30. The Balaban J connectivity index is 2.11. The molecule has 1 aromatic heterocycles. The van der Waals surface area contributed by atoms with Gasteiger partial charge in [-0.15, -0.1) is 0 Å². The number of hydrogen-bond acceptors (Lipinski definition) is 3. The highest BCUT2D eigenvalue weighted by atomic mass is 16.3. The Labute approximate surface area is 88.0 Å². The molecule has 15 heavy (non-hydrogen) atoms. The largest absolute Gasteiger partial charge is 0.508 e. The van der Waals surface area contributed by atoms with E-state index in [0.717, 1.165) is 11.3 Å². The second-order valence-electron chi connectivity index (χ2n) is 3.38. The molecule has 0 amide bonds. The normalized spacial score (nSPS) is 10.5. The second-order valence-corrected chi connectivity index (χ2v) is 3.38. The van der Waals surface area contributed by atoms with Crippen LogP contribution in [0.3, 0.4) is 0 Å². The van der Waals surface area contributed by atoms with Crippen molar-refractivity contribution in [3.8, 4) is 5.75 Å². The van der Waals surface area contributed by atoms with Gasteiger partial charge in [0.2, 0.25) is 0 Å². The second kappa shape index (κ2) is 4.14. The maximum absolute atomic E-state index is 9.13. The average Bonchev–Trinajstić information content (AvgIpc) is 2.69. The summed E-state index contributed by atoms with van der Waals surface area (Å²) in [7, 11) is 0. The first-order valence-corrected chi connectivity index (χ1v) is 4.78. The Hall–Kier alpha value is -1.81. The van der Waals surface area contributed by atoms with Crippen molar-refractivity contribution in [3.05, 3.63) is 47.8 Å². The molecule has 0 aliphatic heterocycles. The van der Waals surface area contributed by atoms with Crippen LogP contribution in [-0.2, 0) is 13.1 Å². The van der Waals surface area contributed by atoms with E-state index in [1.165, 1.54) is 0 Å². The fraction of sp³-hybridized carbons (Fsp3) is 0.182. The van der Waals surface area contributed by atoms with Crippen LogP contribution in [0.5, 0.6) is 5.75 Å². The van der Waals surface area contributed by atoms with Gasteiger partial charge >= 0.3 is 0 Å². The Bertz CT molecular complexity index is 433. The van der Waals surface area contributed by atoms with Crippen LogP contribution in [0, 0.1) is 0 Å². The molecule has 4 nitrogen and oxygen atoms in total. The van der Waals surface area contributed by atoms with Gasteiger partial charge < -0.3 is 10.8 Å². The van der Waals surface area contributed by atoms with Crippen molar-refractivity contribution in [2.75, 3.05) is 0 Å². The molecule has 1 heterocycles. The highest BCUT2D eigenvalue weighted by molar-refractivity contribution is 5.25. The smallest absolute Gasteiger partial charge is 0.115 e. The molecule has 0 unspecified atom stereocenters. The summed E-state index contributed by atoms with van der Waals surface area (Å²) in [6.45, 7) is 1.16. The first-order chi connectivity index (χ1) is 7.28. The molecule has 2 rings (SSSR count). The summed E-state index contributed by atoms with van der Waals surface area (Å²) in [5.74, 6) is 0.280. The first kappa shape index (κ1) is 9.73. The molecule has 0 aliphatic carbocycles. The first-order valence-electron chi connectivity index (χ1n) is 4.78. The van der Waals surface area contributed by atoms with Gasteiger partial charge in [-0.05, 0) is 23.8 Å². The third-order valence-electron chi connectivity index (χ3n) is 2.19. The monoisotopic (exact) mass is 203 g/mol. The molecule has 1 aromatic carbocycles. The Morgan fingerprint density at radius 1 is 1.20 bits per heavy atom. The summed E-state index contributed by atoms with van der Waals surface area (Å²) in [6, 6.07) is 8.99. The van der Waals surface area contributed by atoms with Crippen molar-refractivity contribution < 1.29 is 5.11 Å². The van der Waals surface area contributed by atoms with Crippen molar-refractivity contribution >= 4 is 0 Å². The van der Waals surface area contributed by atoms with Crippen LogP contribution < -0.4 is 5.73 Å². The fourth-order valence-corrected chi connectivity index (χ4v) is 1.39. The minimum atomic E-state index is 0.280. The number of phenols is 1. The van der Waals surface area contributed by atoms with E-state index in [1.807, 2.05) is 29.1 Å². The van der Waals surface area contributed by atoms with Crippen LogP contribution in [0.15, 0.2) is 36.5 Å². The summed E-state index contributed by atoms with van der Waals surface area (Å²) < 4.78 is 1.83. The summed E-state index contributed by atoms with van der Waals surface area (Å²) in [5, 5.41) is 13.4. The van der Waals surface area contributed by atoms with E-state index < -0.39 is 0 Å². The van der Waals surface area contributed by atoms with Crippen molar-refractivity contribution in [1.82, 2.24) is 9.78 Å². The lowest BCUT2D eigenvalue weighted by Gasteiger charge is -2.01. The predicted molar refractivity (Wildman–Crippen MR) is 57.3 cm³/mol. The van der Waals surface area contributed by atoms with Crippen molar-refractivity contribution in [1.29, 1.82) is 0 Å². The van der Waals surface area contributed by atoms with Crippen LogP contribution in [0.4, 0.5) is 0 Å².